The minimum atomic E-state index is -0.254. The van der Waals surface area contributed by atoms with E-state index in [-0.39, 0.29) is 23.8 Å². The summed E-state index contributed by atoms with van der Waals surface area (Å²) in [4.78, 5) is 27.0. The monoisotopic (exact) mass is 428 g/mol. The third-order valence-corrected chi connectivity index (χ3v) is 4.99. The van der Waals surface area contributed by atoms with E-state index in [0.717, 1.165) is 29.8 Å². The average molecular weight is 429 g/mol. The quantitative estimate of drug-likeness (QED) is 0.619. The van der Waals surface area contributed by atoms with E-state index in [1.165, 1.54) is 0 Å². The van der Waals surface area contributed by atoms with Gasteiger partial charge in [0.25, 0.3) is 0 Å². The van der Waals surface area contributed by atoms with Crippen molar-refractivity contribution < 1.29 is 14.3 Å². The molecule has 0 aliphatic heterocycles. The van der Waals surface area contributed by atoms with Crippen LogP contribution in [0.25, 0.3) is 5.69 Å². The number of anilines is 1. The van der Waals surface area contributed by atoms with Crippen LogP contribution in [0.5, 0.6) is 0 Å². The van der Waals surface area contributed by atoms with Crippen molar-refractivity contribution in [2.45, 2.75) is 59.3 Å². The number of benzene rings is 1. The predicted octanol–water partition coefficient (Wildman–Crippen LogP) is 4.08. The zero-order chi connectivity index (χ0) is 23.0. The molecule has 1 heterocycles. The second-order valence-corrected chi connectivity index (χ2v) is 8.88. The lowest BCUT2D eigenvalue weighted by molar-refractivity contribution is -0.135. The van der Waals surface area contributed by atoms with Crippen molar-refractivity contribution in [3.05, 3.63) is 41.6 Å². The number of aryl methyl sites for hydroxylation is 1. The number of hydrogen-bond acceptors (Lipinski definition) is 4. The standard InChI is InChI=1S/C24H36N4O3/c1-7-8-12-23(30)27(13-14-31-6)17-22(29)25-21-16-20(24(3,4)5)26-28(21)19-11-9-10-18(2)15-19/h9-11,15-16H,7-8,12-14,17H2,1-6H3,(H,25,29). The smallest absolute Gasteiger partial charge is 0.245 e. The van der Waals surface area contributed by atoms with Gasteiger partial charge in [-0.2, -0.15) is 5.10 Å². The summed E-state index contributed by atoms with van der Waals surface area (Å²) in [5, 5.41) is 7.72. The molecule has 1 aromatic carbocycles. The predicted molar refractivity (Wildman–Crippen MR) is 124 cm³/mol. The SMILES string of the molecule is CCCCC(=O)N(CCOC)CC(=O)Nc1cc(C(C)(C)C)nn1-c1cccc(C)c1. The molecular weight excluding hydrogens is 392 g/mol. The number of nitrogens with zero attached hydrogens (tertiary/aromatic N) is 3. The number of methoxy groups -OCH3 is 1. The number of carbonyl (C=O) groups excluding carboxylic acids is 2. The van der Waals surface area contributed by atoms with Crippen LogP contribution in [0.1, 0.15) is 58.2 Å². The molecule has 0 spiro atoms. The summed E-state index contributed by atoms with van der Waals surface area (Å²) in [6, 6.07) is 9.87. The lowest BCUT2D eigenvalue weighted by Crippen LogP contribution is -2.40. The van der Waals surface area contributed by atoms with E-state index in [2.05, 4.69) is 26.1 Å². The highest BCUT2D eigenvalue weighted by Crippen LogP contribution is 2.26. The first kappa shape index (κ1) is 24.6. The lowest BCUT2D eigenvalue weighted by atomic mass is 9.92. The van der Waals surface area contributed by atoms with Crippen molar-refractivity contribution >= 4 is 17.6 Å². The fraction of sp³-hybridized carbons (Fsp3) is 0.542. The maximum atomic E-state index is 12.9. The van der Waals surface area contributed by atoms with Crippen molar-refractivity contribution in [2.24, 2.45) is 0 Å². The number of unbranched alkanes of at least 4 members (excludes halogenated alkanes) is 1. The van der Waals surface area contributed by atoms with Crippen molar-refractivity contribution in [3.63, 3.8) is 0 Å². The van der Waals surface area contributed by atoms with Gasteiger partial charge in [-0.1, -0.05) is 46.2 Å². The number of ether oxygens (including phenoxy) is 1. The van der Waals surface area contributed by atoms with Crippen LogP contribution in [0.4, 0.5) is 5.82 Å². The summed E-state index contributed by atoms with van der Waals surface area (Å²) in [5.74, 6) is 0.306. The molecule has 1 N–H and O–H groups in total. The van der Waals surface area contributed by atoms with Gasteiger partial charge in [0.1, 0.15) is 5.82 Å². The summed E-state index contributed by atoms with van der Waals surface area (Å²) < 4.78 is 6.87. The molecule has 170 valence electrons. The molecule has 0 aliphatic carbocycles. The van der Waals surface area contributed by atoms with E-state index in [1.807, 2.05) is 44.2 Å². The van der Waals surface area contributed by atoms with Gasteiger partial charge in [0.15, 0.2) is 0 Å². The molecule has 1 aromatic heterocycles. The van der Waals surface area contributed by atoms with Gasteiger partial charge in [0.05, 0.1) is 24.5 Å². The van der Waals surface area contributed by atoms with E-state index in [0.29, 0.717) is 25.4 Å². The molecule has 2 amide bonds. The van der Waals surface area contributed by atoms with E-state index in [4.69, 9.17) is 9.84 Å². The molecular formula is C24H36N4O3. The van der Waals surface area contributed by atoms with E-state index < -0.39 is 0 Å². The highest BCUT2D eigenvalue weighted by atomic mass is 16.5. The van der Waals surface area contributed by atoms with Crippen LogP contribution in [0.3, 0.4) is 0 Å². The van der Waals surface area contributed by atoms with E-state index in [1.54, 1.807) is 16.7 Å². The van der Waals surface area contributed by atoms with Gasteiger partial charge in [0, 0.05) is 31.6 Å². The fourth-order valence-electron chi connectivity index (χ4n) is 3.13. The zero-order valence-corrected chi connectivity index (χ0v) is 19.7. The largest absolute Gasteiger partial charge is 0.383 e. The molecule has 0 atom stereocenters. The Morgan fingerprint density at radius 1 is 1.23 bits per heavy atom. The number of nitrogens with one attached hydrogen (secondary N) is 1. The molecule has 0 bridgehead atoms. The maximum absolute atomic E-state index is 12.9. The Bertz CT molecular complexity index is 883. The Balaban J connectivity index is 2.25. The average Bonchev–Trinajstić information content (AvgIpc) is 3.13. The Morgan fingerprint density at radius 3 is 2.58 bits per heavy atom. The molecule has 0 aliphatic rings. The van der Waals surface area contributed by atoms with Gasteiger partial charge in [-0.05, 0) is 31.0 Å². The first-order valence-electron chi connectivity index (χ1n) is 10.9. The molecule has 7 heteroatoms. The van der Waals surface area contributed by atoms with Crippen LogP contribution in [-0.2, 0) is 19.7 Å². The second kappa shape index (κ2) is 11.1. The van der Waals surface area contributed by atoms with Crippen LogP contribution in [0.2, 0.25) is 0 Å². The molecule has 0 radical (unpaired) electrons. The van der Waals surface area contributed by atoms with Gasteiger partial charge in [-0.15, -0.1) is 0 Å². The van der Waals surface area contributed by atoms with Gasteiger partial charge in [-0.25, -0.2) is 4.68 Å². The molecule has 7 nitrogen and oxygen atoms in total. The van der Waals surface area contributed by atoms with Crippen molar-refractivity contribution in [3.8, 4) is 5.69 Å². The fourth-order valence-corrected chi connectivity index (χ4v) is 3.13. The Labute approximate surface area is 185 Å². The molecule has 0 fully saturated rings. The van der Waals surface area contributed by atoms with Crippen LogP contribution in [0.15, 0.2) is 30.3 Å². The van der Waals surface area contributed by atoms with Crippen molar-refractivity contribution in [1.82, 2.24) is 14.7 Å². The lowest BCUT2D eigenvalue weighted by Gasteiger charge is -2.22. The third kappa shape index (κ3) is 7.21. The van der Waals surface area contributed by atoms with Crippen LogP contribution in [0, 0.1) is 6.92 Å². The van der Waals surface area contributed by atoms with Gasteiger partial charge < -0.3 is 15.0 Å². The third-order valence-electron chi connectivity index (χ3n) is 4.99. The van der Waals surface area contributed by atoms with Gasteiger partial charge in [0.2, 0.25) is 11.8 Å². The normalized spacial score (nSPS) is 11.4. The number of carbonyl (C=O) groups is 2. The molecule has 31 heavy (non-hydrogen) atoms. The van der Waals surface area contributed by atoms with Crippen molar-refractivity contribution in [1.29, 1.82) is 0 Å². The molecule has 0 saturated heterocycles. The molecule has 2 aromatic rings. The number of aromatic nitrogens is 2. The first-order valence-corrected chi connectivity index (χ1v) is 10.9. The number of rotatable bonds is 10. The first-order chi connectivity index (χ1) is 14.7. The second-order valence-electron chi connectivity index (χ2n) is 8.88. The number of hydrogen-bond donors (Lipinski definition) is 1. The van der Waals surface area contributed by atoms with Crippen LogP contribution in [-0.4, -0.2) is 53.3 Å². The molecule has 2 rings (SSSR count). The topological polar surface area (TPSA) is 76.5 Å². The highest BCUT2D eigenvalue weighted by Gasteiger charge is 2.23. The Morgan fingerprint density at radius 2 is 1.97 bits per heavy atom. The Hall–Kier alpha value is -2.67. The summed E-state index contributed by atoms with van der Waals surface area (Å²) in [6.45, 7) is 11.1. The minimum Gasteiger partial charge on any atom is -0.383 e. The van der Waals surface area contributed by atoms with Crippen LogP contribution >= 0.6 is 0 Å². The Kier molecular flexibility index (Phi) is 8.80. The maximum Gasteiger partial charge on any atom is 0.245 e. The van der Waals surface area contributed by atoms with Crippen molar-refractivity contribution in [2.75, 3.05) is 32.1 Å². The summed E-state index contributed by atoms with van der Waals surface area (Å²) >= 11 is 0. The minimum absolute atomic E-state index is 0.0181. The summed E-state index contributed by atoms with van der Waals surface area (Å²) in [7, 11) is 1.59. The number of amides is 2. The summed E-state index contributed by atoms with van der Waals surface area (Å²) in [5.41, 5.74) is 2.69. The highest BCUT2D eigenvalue weighted by molar-refractivity contribution is 5.94. The van der Waals surface area contributed by atoms with E-state index in [9.17, 15) is 9.59 Å². The van der Waals surface area contributed by atoms with Gasteiger partial charge >= 0.3 is 0 Å². The van der Waals surface area contributed by atoms with E-state index >= 15 is 0 Å². The molecule has 0 saturated carbocycles. The van der Waals surface area contributed by atoms with Gasteiger partial charge in [-0.3, -0.25) is 9.59 Å². The zero-order valence-electron chi connectivity index (χ0n) is 19.7. The molecule has 0 unspecified atom stereocenters. The summed E-state index contributed by atoms with van der Waals surface area (Å²) in [6.07, 6.45) is 2.17. The van der Waals surface area contributed by atoms with Crippen LogP contribution < -0.4 is 5.32 Å².